The summed E-state index contributed by atoms with van der Waals surface area (Å²) in [5, 5.41) is 0. The van der Waals surface area contributed by atoms with Gasteiger partial charge in [-0.05, 0) is 37.5 Å². The van der Waals surface area contributed by atoms with Crippen LogP contribution in [0.2, 0.25) is 0 Å². The number of aryl methyl sites for hydroxylation is 1. The molecule has 0 amide bonds. The van der Waals surface area contributed by atoms with Crippen LogP contribution in [-0.4, -0.2) is 23.5 Å². The zero-order valence-corrected chi connectivity index (χ0v) is 11.5. The number of hydrogen-bond donors (Lipinski definition) is 1. The van der Waals surface area contributed by atoms with Crippen molar-refractivity contribution in [2.24, 2.45) is 5.73 Å². The van der Waals surface area contributed by atoms with Gasteiger partial charge in [0.1, 0.15) is 0 Å². The smallest absolute Gasteiger partial charge is 0.0248 e. The lowest BCUT2D eigenvalue weighted by Crippen LogP contribution is -2.36. The van der Waals surface area contributed by atoms with E-state index >= 15 is 0 Å². The summed E-state index contributed by atoms with van der Waals surface area (Å²) < 4.78 is 1.21. The molecule has 1 aliphatic rings. The number of nitrogens with two attached hydrogens (primary N) is 1. The molecule has 1 aliphatic heterocycles. The molecule has 1 aromatic rings. The predicted octanol–water partition coefficient (Wildman–Crippen LogP) is 2.68. The largest absolute Gasteiger partial charge is 0.326 e. The Hall–Kier alpha value is -0.380. The lowest BCUT2D eigenvalue weighted by Gasteiger charge is -2.23. The molecule has 1 saturated heterocycles. The molecule has 2 atom stereocenters. The van der Waals surface area contributed by atoms with Gasteiger partial charge < -0.3 is 5.73 Å². The molecule has 2 rings (SSSR count). The molecule has 1 fully saturated rings. The molecule has 1 heterocycles. The molecule has 16 heavy (non-hydrogen) atoms. The van der Waals surface area contributed by atoms with Crippen LogP contribution in [0.15, 0.2) is 22.7 Å². The molecule has 0 aliphatic carbocycles. The highest BCUT2D eigenvalue weighted by Gasteiger charge is 2.27. The Kier molecular flexibility index (Phi) is 3.67. The molecule has 3 heteroatoms. The highest BCUT2D eigenvalue weighted by molar-refractivity contribution is 9.10. The minimum absolute atomic E-state index is 0.337. The lowest BCUT2D eigenvalue weighted by atomic mass is 10.1. The molecule has 2 nitrogen and oxygen atoms in total. The second-order valence-electron chi connectivity index (χ2n) is 4.76. The van der Waals surface area contributed by atoms with Gasteiger partial charge >= 0.3 is 0 Å². The highest BCUT2D eigenvalue weighted by Crippen LogP contribution is 2.24. The fourth-order valence-electron chi connectivity index (χ4n) is 2.25. The SMILES string of the molecule is Cc1ccc(CN2CCC(N)C2C)c(Br)c1. The quantitative estimate of drug-likeness (QED) is 0.904. The first-order chi connectivity index (χ1) is 7.58. The van der Waals surface area contributed by atoms with Crippen molar-refractivity contribution in [1.82, 2.24) is 4.90 Å². The van der Waals surface area contributed by atoms with Crippen molar-refractivity contribution in [3.05, 3.63) is 33.8 Å². The maximum atomic E-state index is 6.03. The Morgan fingerprint density at radius 1 is 1.50 bits per heavy atom. The van der Waals surface area contributed by atoms with Crippen molar-refractivity contribution < 1.29 is 0 Å². The minimum Gasteiger partial charge on any atom is -0.326 e. The molecule has 0 spiro atoms. The van der Waals surface area contributed by atoms with Gasteiger partial charge in [-0.3, -0.25) is 4.90 Å². The van der Waals surface area contributed by atoms with Crippen LogP contribution in [0.4, 0.5) is 0 Å². The van der Waals surface area contributed by atoms with Gasteiger partial charge in [0.2, 0.25) is 0 Å². The summed E-state index contributed by atoms with van der Waals surface area (Å²) in [4.78, 5) is 2.46. The number of benzene rings is 1. The Morgan fingerprint density at radius 2 is 2.25 bits per heavy atom. The van der Waals surface area contributed by atoms with E-state index in [4.69, 9.17) is 5.73 Å². The number of likely N-dealkylation sites (tertiary alicyclic amines) is 1. The number of rotatable bonds is 2. The van der Waals surface area contributed by atoms with Gasteiger partial charge in [0, 0.05) is 29.6 Å². The van der Waals surface area contributed by atoms with Crippen LogP contribution in [0.25, 0.3) is 0 Å². The van der Waals surface area contributed by atoms with Crippen molar-refractivity contribution in [2.75, 3.05) is 6.54 Å². The number of halogens is 1. The van der Waals surface area contributed by atoms with Crippen LogP contribution in [0.3, 0.4) is 0 Å². The molecule has 0 radical (unpaired) electrons. The molecule has 2 unspecified atom stereocenters. The molecule has 0 aromatic heterocycles. The van der Waals surface area contributed by atoms with E-state index in [1.807, 2.05) is 0 Å². The van der Waals surface area contributed by atoms with Crippen LogP contribution in [-0.2, 0) is 6.54 Å². The summed E-state index contributed by atoms with van der Waals surface area (Å²) in [6, 6.07) is 7.38. The van der Waals surface area contributed by atoms with Gasteiger partial charge in [-0.2, -0.15) is 0 Å². The second-order valence-corrected chi connectivity index (χ2v) is 5.61. The third kappa shape index (κ3) is 2.47. The van der Waals surface area contributed by atoms with Crippen molar-refractivity contribution in [3.8, 4) is 0 Å². The number of nitrogens with zero attached hydrogens (tertiary/aromatic N) is 1. The number of hydrogen-bond acceptors (Lipinski definition) is 2. The van der Waals surface area contributed by atoms with Crippen LogP contribution in [0.5, 0.6) is 0 Å². The Morgan fingerprint density at radius 3 is 2.81 bits per heavy atom. The third-order valence-electron chi connectivity index (χ3n) is 3.53. The predicted molar refractivity (Wildman–Crippen MR) is 71.3 cm³/mol. The maximum absolute atomic E-state index is 6.03. The van der Waals surface area contributed by atoms with E-state index in [1.165, 1.54) is 15.6 Å². The molecular formula is C13H19BrN2. The summed E-state index contributed by atoms with van der Waals surface area (Å²) in [6.45, 7) is 6.45. The summed E-state index contributed by atoms with van der Waals surface area (Å²) in [5.74, 6) is 0. The summed E-state index contributed by atoms with van der Waals surface area (Å²) in [5.41, 5.74) is 8.68. The van der Waals surface area contributed by atoms with Crippen LogP contribution in [0.1, 0.15) is 24.5 Å². The average molecular weight is 283 g/mol. The zero-order valence-electron chi connectivity index (χ0n) is 9.91. The minimum atomic E-state index is 0.337. The van der Waals surface area contributed by atoms with Crippen molar-refractivity contribution in [2.45, 2.75) is 38.9 Å². The van der Waals surface area contributed by atoms with Gasteiger partial charge in [0.05, 0.1) is 0 Å². The van der Waals surface area contributed by atoms with Crippen LogP contribution >= 0.6 is 15.9 Å². The Bertz CT molecular complexity index is 378. The molecule has 2 N–H and O–H groups in total. The molecule has 1 aromatic carbocycles. The average Bonchev–Trinajstić information content (AvgIpc) is 2.54. The first-order valence-electron chi connectivity index (χ1n) is 5.82. The fraction of sp³-hybridized carbons (Fsp3) is 0.538. The lowest BCUT2D eigenvalue weighted by molar-refractivity contribution is 0.251. The van der Waals surface area contributed by atoms with Gasteiger partial charge in [0.15, 0.2) is 0 Å². The van der Waals surface area contributed by atoms with Gasteiger partial charge in [-0.1, -0.05) is 28.1 Å². The first-order valence-corrected chi connectivity index (χ1v) is 6.62. The van der Waals surface area contributed by atoms with E-state index in [9.17, 15) is 0 Å². The maximum Gasteiger partial charge on any atom is 0.0248 e. The molecular weight excluding hydrogens is 264 g/mol. The first kappa shape index (κ1) is 12.1. The topological polar surface area (TPSA) is 29.3 Å². The van der Waals surface area contributed by atoms with E-state index in [1.54, 1.807) is 0 Å². The van der Waals surface area contributed by atoms with E-state index in [0.717, 1.165) is 19.5 Å². The second kappa shape index (κ2) is 4.86. The van der Waals surface area contributed by atoms with E-state index in [-0.39, 0.29) is 0 Å². The molecule has 0 saturated carbocycles. The third-order valence-corrected chi connectivity index (χ3v) is 4.27. The van der Waals surface area contributed by atoms with Crippen molar-refractivity contribution in [1.29, 1.82) is 0 Å². The Balaban J connectivity index is 2.09. The van der Waals surface area contributed by atoms with E-state index in [0.29, 0.717) is 12.1 Å². The fourth-order valence-corrected chi connectivity index (χ4v) is 2.87. The Labute approximate surface area is 106 Å². The summed E-state index contributed by atoms with van der Waals surface area (Å²) >= 11 is 3.63. The van der Waals surface area contributed by atoms with Gasteiger partial charge in [0.25, 0.3) is 0 Å². The summed E-state index contributed by atoms with van der Waals surface area (Å²) in [6.07, 6.45) is 1.12. The highest BCUT2D eigenvalue weighted by atomic mass is 79.9. The van der Waals surface area contributed by atoms with E-state index in [2.05, 4.69) is 52.9 Å². The van der Waals surface area contributed by atoms with Crippen LogP contribution in [0, 0.1) is 6.92 Å². The van der Waals surface area contributed by atoms with Crippen LogP contribution < -0.4 is 5.73 Å². The standard InChI is InChI=1S/C13H19BrN2/c1-9-3-4-11(12(14)7-9)8-16-6-5-13(15)10(16)2/h3-4,7,10,13H,5-6,8,15H2,1-2H3. The van der Waals surface area contributed by atoms with Crippen molar-refractivity contribution >= 4 is 15.9 Å². The van der Waals surface area contributed by atoms with Gasteiger partial charge in [-0.25, -0.2) is 0 Å². The van der Waals surface area contributed by atoms with Gasteiger partial charge in [-0.15, -0.1) is 0 Å². The van der Waals surface area contributed by atoms with E-state index < -0.39 is 0 Å². The zero-order chi connectivity index (χ0) is 11.7. The molecule has 0 bridgehead atoms. The molecule has 88 valence electrons. The van der Waals surface area contributed by atoms with Crippen molar-refractivity contribution in [3.63, 3.8) is 0 Å². The summed E-state index contributed by atoms with van der Waals surface area (Å²) in [7, 11) is 0. The monoisotopic (exact) mass is 282 g/mol. The normalized spacial score (nSPS) is 26.2.